The maximum absolute atomic E-state index is 6.59. The van der Waals surface area contributed by atoms with E-state index in [9.17, 15) is 0 Å². The number of ether oxygens (including phenoxy) is 2. The minimum absolute atomic E-state index is 0.573. The monoisotopic (exact) mass is 256 g/mol. The lowest BCUT2D eigenvalue weighted by Gasteiger charge is -2.42. The number of hydrogen-bond donors (Lipinski definition) is 0. The van der Waals surface area contributed by atoms with Gasteiger partial charge in [-0.2, -0.15) is 0 Å². The molecular weight excluding hydrogens is 238 g/mol. The molecule has 0 saturated heterocycles. The number of para-hydroxylation sites is 2. The molecule has 0 aromatic heterocycles. The van der Waals surface area contributed by atoms with Gasteiger partial charge in [-0.05, 0) is 32.9 Å². The summed E-state index contributed by atoms with van der Waals surface area (Å²) >= 11 is 6.59. The third-order valence-corrected chi connectivity index (χ3v) is 4.22. The maximum atomic E-state index is 6.59. The van der Waals surface area contributed by atoms with Gasteiger partial charge in [-0.1, -0.05) is 12.1 Å². The molecule has 0 aliphatic carbocycles. The van der Waals surface area contributed by atoms with E-state index in [0.29, 0.717) is 4.48 Å². The number of alkyl halides is 1. The fraction of sp³-hybridized carbons (Fsp3) is 0.538. The summed E-state index contributed by atoms with van der Waals surface area (Å²) in [6.07, 6.45) is 0. The van der Waals surface area contributed by atoms with Crippen LogP contribution in [-0.4, -0.2) is 29.5 Å². The average molecular weight is 257 g/mol. The van der Waals surface area contributed by atoms with Crippen LogP contribution < -0.4 is 9.47 Å². The second kappa shape index (κ2) is 4.39. The van der Waals surface area contributed by atoms with E-state index in [0.717, 1.165) is 31.1 Å². The fourth-order valence-electron chi connectivity index (χ4n) is 2.34. The molecule has 0 bridgehead atoms. The molecule has 0 amide bonds. The van der Waals surface area contributed by atoms with E-state index < -0.39 is 5.37 Å². The largest absolute Gasteiger partial charge is 0.494 e. The predicted octanol–water partition coefficient (Wildman–Crippen LogP) is 3.18. The summed E-state index contributed by atoms with van der Waals surface area (Å²) in [6.45, 7) is 8.91. The van der Waals surface area contributed by atoms with Crippen molar-refractivity contribution in [3.8, 4) is 11.5 Å². The van der Waals surface area contributed by atoms with Gasteiger partial charge < -0.3 is 9.47 Å². The van der Waals surface area contributed by atoms with Crippen LogP contribution in [0, 0.1) is 0 Å². The van der Waals surface area contributed by atoms with Gasteiger partial charge in [0.2, 0.25) is 0 Å². The van der Waals surface area contributed by atoms with Crippen molar-refractivity contribution in [2.45, 2.75) is 26.1 Å². The topological polar surface area (TPSA) is 18.5 Å². The van der Waals surface area contributed by atoms with Gasteiger partial charge in [-0.3, -0.25) is 0 Å². The normalized spacial score (nSPS) is 17.2. The molecule has 17 heavy (non-hydrogen) atoms. The predicted molar refractivity (Wildman–Crippen MR) is 68.2 cm³/mol. The van der Waals surface area contributed by atoms with Crippen LogP contribution >= 0.6 is 11.6 Å². The van der Waals surface area contributed by atoms with Gasteiger partial charge in [0.25, 0.3) is 0 Å². The summed E-state index contributed by atoms with van der Waals surface area (Å²) in [5.74, 6) is 1.45. The van der Waals surface area contributed by atoms with Crippen LogP contribution in [0.2, 0.25) is 0 Å². The molecule has 0 radical (unpaired) electrons. The molecule has 94 valence electrons. The van der Waals surface area contributed by atoms with Crippen LogP contribution in [0.1, 0.15) is 20.8 Å². The standard InChI is InChI=1S/C13H19ClNO2/c1-4-15(5-2,6-3)13(14)16-11-9-7-8-10-12(11)17-13/h7-10H,4-6H2,1-3H3/q+1. The highest BCUT2D eigenvalue weighted by Gasteiger charge is 2.57. The number of nitrogens with zero attached hydrogens (tertiary/aromatic N) is 1. The molecule has 1 heterocycles. The van der Waals surface area contributed by atoms with Crippen molar-refractivity contribution >= 4 is 11.6 Å². The number of halogens is 1. The van der Waals surface area contributed by atoms with Gasteiger partial charge >= 0.3 is 5.37 Å². The number of hydrogen-bond acceptors (Lipinski definition) is 2. The Kier molecular flexibility index (Phi) is 3.23. The van der Waals surface area contributed by atoms with Gasteiger partial charge in [-0.15, -0.1) is 0 Å². The number of rotatable bonds is 4. The minimum Gasteiger partial charge on any atom is -0.390 e. The molecule has 0 spiro atoms. The first-order valence-electron chi connectivity index (χ1n) is 6.13. The summed E-state index contributed by atoms with van der Waals surface area (Å²) in [5, 5.41) is -1.12. The van der Waals surface area contributed by atoms with Crippen LogP contribution in [0.3, 0.4) is 0 Å². The zero-order chi connectivity index (χ0) is 12.5. The third-order valence-electron chi connectivity index (χ3n) is 3.70. The maximum Gasteiger partial charge on any atom is 0.494 e. The molecular formula is C13H19ClNO2+. The van der Waals surface area contributed by atoms with Crippen molar-refractivity contribution in [3.63, 3.8) is 0 Å². The SMILES string of the molecule is CC[N+](CC)(CC)C1(Cl)Oc2ccccc2O1. The molecule has 0 fully saturated rings. The molecule has 2 rings (SSSR count). The van der Waals surface area contributed by atoms with Crippen LogP contribution in [0.4, 0.5) is 0 Å². The molecule has 4 heteroatoms. The van der Waals surface area contributed by atoms with E-state index in [1.165, 1.54) is 0 Å². The van der Waals surface area contributed by atoms with Crippen molar-refractivity contribution < 1.29 is 14.0 Å². The molecule has 1 aliphatic rings. The highest BCUT2D eigenvalue weighted by Crippen LogP contribution is 2.45. The third kappa shape index (κ3) is 1.78. The first kappa shape index (κ1) is 12.5. The Bertz CT molecular complexity index is 371. The lowest BCUT2D eigenvalue weighted by Crippen LogP contribution is -2.65. The zero-order valence-electron chi connectivity index (χ0n) is 10.6. The van der Waals surface area contributed by atoms with E-state index in [1.54, 1.807) is 0 Å². The first-order valence-corrected chi connectivity index (χ1v) is 6.50. The molecule has 0 unspecified atom stereocenters. The Morgan fingerprint density at radius 3 is 1.76 bits per heavy atom. The van der Waals surface area contributed by atoms with E-state index in [1.807, 2.05) is 24.3 Å². The van der Waals surface area contributed by atoms with E-state index in [-0.39, 0.29) is 0 Å². The highest BCUT2D eigenvalue weighted by molar-refractivity contribution is 6.21. The molecule has 1 aromatic carbocycles. The van der Waals surface area contributed by atoms with Crippen LogP contribution in [0.5, 0.6) is 11.5 Å². The molecule has 1 aliphatic heterocycles. The first-order chi connectivity index (χ1) is 8.11. The van der Waals surface area contributed by atoms with Crippen molar-refractivity contribution in [2.24, 2.45) is 0 Å². The summed E-state index contributed by atoms with van der Waals surface area (Å²) in [4.78, 5) is 0. The average Bonchev–Trinajstić information content (AvgIpc) is 2.69. The van der Waals surface area contributed by atoms with Gasteiger partial charge in [0.05, 0.1) is 19.6 Å². The van der Waals surface area contributed by atoms with E-state index in [2.05, 4.69) is 20.8 Å². The Labute approximate surface area is 107 Å². The smallest absolute Gasteiger partial charge is 0.390 e. The van der Waals surface area contributed by atoms with Crippen LogP contribution in [0.15, 0.2) is 24.3 Å². The minimum atomic E-state index is -1.12. The molecule has 0 N–H and O–H groups in total. The van der Waals surface area contributed by atoms with E-state index >= 15 is 0 Å². The van der Waals surface area contributed by atoms with Crippen LogP contribution in [0.25, 0.3) is 0 Å². The second-order valence-electron chi connectivity index (χ2n) is 4.25. The Morgan fingerprint density at radius 2 is 1.41 bits per heavy atom. The lowest BCUT2D eigenvalue weighted by atomic mass is 10.3. The molecule has 0 saturated carbocycles. The summed E-state index contributed by atoms with van der Waals surface area (Å²) < 4.78 is 12.3. The fourth-order valence-corrected chi connectivity index (χ4v) is 2.87. The summed E-state index contributed by atoms with van der Waals surface area (Å²) in [7, 11) is 0. The quantitative estimate of drug-likeness (QED) is 0.468. The van der Waals surface area contributed by atoms with E-state index in [4.69, 9.17) is 21.1 Å². The van der Waals surface area contributed by atoms with Gasteiger partial charge in [0, 0.05) is 11.6 Å². The van der Waals surface area contributed by atoms with Gasteiger partial charge in [0.1, 0.15) is 0 Å². The van der Waals surface area contributed by atoms with Gasteiger partial charge in [0.15, 0.2) is 11.5 Å². The second-order valence-corrected chi connectivity index (χ2v) is 4.73. The number of benzene rings is 1. The van der Waals surface area contributed by atoms with Gasteiger partial charge in [-0.25, -0.2) is 4.48 Å². The number of fused-ring (bicyclic) bond motifs is 1. The lowest BCUT2D eigenvalue weighted by molar-refractivity contribution is -0.993. The zero-order valence-corrected chi connectivity index (χ0v) is 11.3. The summed E-state index contributed by atoms with van der Waals surface area (Å²) in [6, 6.07) is 7.61. The molecule has 0 atom stereocenters. The van der Waals surface area contributed by atoms with Crippen molar-refractivity contribution in [2.75, 3.05) is 19.6 Å². The Balaban J connectivity index is 2.35. The summed E-state index contributed by atoms with van der Waals surface area (Å²) in [5.41, 5.74) is 0. The molecule has 1 aromatic rings. The number of quaternary nitrogens is 1. The Morgan fingerprint density at radius 1 is 1.00 bits per heavy atom. The highest BCUT2D eigenvalue weighted by atomic mass is 35.5. The van der Waals surface area contributed by atoms with Crippen LogP contribution in [-0.2, 0) is 0 Å². The van der Waals surface area contributed by atoms with Crippen molar-refractivity contribution in [3.05, 3.63) is 24.3 Å². The van der Waals surface area contributed by atoms with Crippen molar-refractivity contribution in [1.82, 2.24) is 0 Å². The molecule has 3 nitrogen and oxygen atoms in total. The van der Waals surface area contributed by atoms with Crippen molar-refractivity contribution in [1.29, 1.82) is 0 Å². The Hall–Kier alpha value is -0.930.